The molecule has 0 aromatic heterocycles. The molecule has 25 heavy (non-hydrogen) atoms. The van der Waals surface area contributed by atoms with E-state index in [2.05, 4.69) is 6.92 Å². The first kappa shape index (κ1) is 18.8. The summed E-state index contributed by atoms with van der Waals surface area (Å²) in [7, 11) is 0. The quantitative estimate of drug-likeness (QED) is 0.660. The molecule has 8 heteroatoms. The molecule has 1 saturated heterocycles. The van der Waals surface area contributed by atoms with Crippen LogP contribution in [-0.4, -0.2) is 41.0 Å². The van der Waals surface area contributed by atoms with Crippen LogP contribution in [0.25, 0.3) is 0 Å². The van der Waals surface area contributed by atoms with Crippen LogP contribution in [0, 0.1) is 16.0 Å². The van der Waals surface area contributed by atoms with E-state index < -0.39 is 5.09 Å². The summed E-state index contributed by atoms with van der Waals surface area (Å²) in [5.41, 5.74) is 1.15. The van der Waals surface area contributed by atoms with Crippen molar-refractivity contribution < 1.29 is 24.6 Å². The first-order valence-corrected chi connectivity index (χ1v) is 8.51. The summed E-state index contributed by atoms with van der Waals surface area (Å²) in [6.07, 6.45) is 5.20. The highest BCUT2D eigenvalue weighted by Gasteiger charge is 2.25. The maximum atomic E-state index is 12.6. The number of piperidine rings is 1. The van der Waals surface area contributed by atoms with Gasteiger partial charge in [-0.05, 0) is 49.8 Å². The van der Waals surface area contributed by atoms with Crippen molar-refractivity contribution >= 4 is 5.91 Å². The molecule has 2 aliphatic heterocycles. The minimum absolute atomic E-state index is 0.0727. The zero-order chi connectivity index (χ0) is 18.2. The van der Waals surface area contributed by atoms with E-state index in [0.29, 0.717) is 12.7 Å². The number of ether oxygens (including phenoxy) is 2. The molecule has 1 N–H and O–H groups in total. The summed E-state index contributed by atoms with van der Waals surface area (Å²) < 4.78 is 10.7. The summed E-state index contributed by atoms with van der Waals surface area (Å²) in [6, 6.07) is 5.99. The molecule has 138 valence electrons. The van der Waals surface area contributed by atoms with Crippen molar-refractivity contribution in [3.05, 3.63) is 33.9 Å². The molecule has 1 atom stereocenters. The molecule has 0 saturated carbocycles. The smallest absolute Gasteiger partial charge is 0.291 e. The van der Waals surface area contributed by atoms with Crippen molar-refractivity contribution in [2.24, 2.45) is 5.92 Å². The first-order chi connectivity index (χ1) is 12.0. The highest BCUT2D eigenvalue weighted by Crippen LogP contribution is 2.33. The van der Waals surface area contributed by atoms with Crippen molar-refractivity contribution in [3.63, 3.8) is 0 Å². The van der Waals surface area contributed by atoms with E-state index in [1.807, 2.05) is 23.1 Å². The maximum absolute atomic E-state index is 12.6. The largest absolute Gasteiger partial charge is 0.454 e. The fraction of sp³-hybridized carbons (Fsp3) is 0.588. The number of carbonyl (C=O) groups excluding carboxylic acids is 1. The number of likely N-dealkylation sites (tertiary alicyclic amines) is 1. The van der Waals surface area contributed by atoms with E-state index in [9.17, 15) is 4.79 Å². The van der Waals surface area contributed by atoms with Gasteiger partial charge in [-0.15, -0.1) is 10.1 Å². The SMILES string of the molecule is CCC(Cc1ccc2c(c1)OCO2)C(=O)N1CCCCC1.O=[N+]([O-])O. The van der Waals surface area contributed by atoms with E-state index >= 15 is 0 Å². The van der Waals surface area contributed by atoms with Crippen LogP contribution in [0.1, 0.15) is 38.2 Å². The van der Waals surface area contributed by atoms with Crippen LogP contribution < -0.4 is 9.47 Å². The Bertz CT molecular complexity index is 597. The Morgan fingerprint density at radius 1 is 1.28 bits per heavy atom. The molecule has 2 aliphatic rings. The van der Waals surface area contributed by atoms with Gasteiger partial charge in [0.05, 0.1) is 0 Å². The molecule has 1 aromatic rings. The standard InChI is InChI=1S/C17H23NO3.HNO3/c1-2-14(17(19)18-8-4-3-5-9-18)10-13-6-7-15-16(11-13)21-12-20-15;2-1(3)4/h6-7,11,14H,2-5,8-10,12H2,1H3;(H,2,3,4). The summed E-state index contributed by atoms with van der Waals surface area (Å²) >= 11 is 0. The number of hydrogen-bond acceptors (Lipinski definition) is 5. The molecule has 1 fully saturated rings. The van der Waals surface area contributed by atoms with Crippen molar-refractivity contribution in [2.45, 2.75) is 39.0 Å². The summed E-state index contributed by atoms with van der Waals surface area (Å²) in [5.74, 6) is 1.99. The summed E-state index contributed by atoms with van der Waals surface area (Å²) in [6.45, 7) is 4.25. The molecule has 1 amide bonds. The van der Waals surface area contributed by atoms with Crippen molar-refractivity contribution in [1.29, 1.82) is 0 Å². The Morgan fingerprint density at radius 3 is 2.56 bits per heavy atom. The van der Waals surface area contributed by atoms with E-state index in [4.69, 9.17) is 24.8 Å². The fourth-order valence-electron chi connectivity index (χ4n) is 3.13. The van der Waals surface area contributed by atoms with Gasteiger partial charge in [0, 0.05) is 19.0 Å². The topological polar surface area (TPSA) is 102 Å². The monoisotopic (exact) mass is 352 g/mol. The van der Waals surface area contributed by atoms with Gasteiger partial charge in [-0.1, -0.05) is 13.0 Å². The van der Waals surface area contributed by atoms with Crippen molar-refractivity contribution in [3.8, 4) is 11.5 Å². The second kappa shape index (κ2) is 9.10. The fourth-order valence-corrected chi connectivity index (χ4v) is 3.13. The number of nitrogens with zero attached hydrogens (tertiary/aromatic N) is 2. The van der Waals surface area contributed by atoms with Crippen LogP contribution in [0.2, 0.25) is 0 Å². The van der Waals surface area contributed by atoms with E-state index in [-0.39, 0.29) is 5.92 Å². The lowest BCUT2D eigenvalue weighted by Crippen LogP contribution is -2.40. The molecule has 0 aliphatic carbocycles. The zero-order valence-electron chi connectivity index (χ0n) is 14.3. The number of fused-ring (bicyclic) bond motifs is 1. The number of rotatable bonds is 4. The van der Waals surface area contributed by atoms with Crippen molar-refractivity contribution in [1.82, 2.24) is 4.90 Å². The van der Waals surface area contributed by atoms with Gasteiger partial charge in [-0.25, -0.2) is 0 Å². The molecule has 8 nitrogen and oxygen atoms in total. The molecule has 2 heterocycles. The molecule has 0 radical (unpaired) electrons. The summed E-state index contributed by atoms with van der Waals surface area (Å²) in [5, 5.41) is 13.6. The Morgan fingerprint density at radius 2 is 1.92 bits per heavy atom. The Hall–Kier alpha value is -2.51. The first-order valence-electron chi connectivity index (χ1n) is 8.51. The predicted octanol–water partition coefficient (Wildman–Crippen LogP) is 2.65. The number of carbonyl (C=O) groups is 1. The lowest BCUT2D eigenvalue weighted by molar-refractivity contribution is -0.742. The average Bonchev–Trinajstić information content (AvgIpc) is 3.07. The van der Waals surface area contributed by atoms with Gasteiger partial charge in [0.2, 0.25) is 12.7 Å². The van der Waals surface area contributed by atoms with Crippen LogP contribution >= 0.6 is 0 Å². The normalized spacial score (nSPS) is 16.6. The van der Waals surface area contributed by atoms with Gasteiger partial charge >= 0.3 is 0 Å². The Labute approximate surface area is 146 Å². The lowest BCUT2D eigenvalue weighted by atomic mass is 9.94. The van der Waals surface area contributed by atoms with Gasteiger partial charge in [0.1, 0.15) is 0 Å². The number of benzene rings is 1. The number of hydrogen-bond donors (Lipinski definition) is 1. The molecule has 1 unspecified atom stereocenters. The highest BCUT2D eigenvalue weighted by molar-refractivity contribution is 5.79. The molecule has 0 bridgehead atoms. The zero-order valence-corrected chi connectivity index (χ0v) is 14.3. The summed E-state index contributed by atoms with van der Waals surface area (Å²) in [4.78, 5) is 23.0. The van der Waals surface area contributed by atoms with E-state index in [1.165, 1.54) is 6.42 Å². The third-order valence-corrected chi connectivity index (χ3v) is 4.43. The van der Waals surface area contributed by atoms with Gasteiger partial charge in [0.25, 0.3) is 5.09 Å². The molecular weight excluding hydrogens is 328 g/mol. The molecule has 3 rings (SSSR count). The van der Waals surface area contributed by atoms with Gasteiger partial charge < -0.3 is 19.6 Å². The lowest BCUT2D eigenvalue weighted by Gasteiger charge is -2.30. The van der Waals surface area contributed by atoms with Crippen LogP contribution in [0.15, 0.2) is 18.2 Å². The Balaban J connectivity index is 0.000000511. The third kappa shape index (κ3) is 5.51. The van der Waals surface area contributed by atoms with Crippen molar-refractivity contribution in [2.75, 3.05) is 19.9 Å². The predicted molar refractivity (Wildman–Crippen MR) is 89.3 cm³/mol. The Kier molecular flexibility index (Phi) is 6.85. The molecule has 1 aromatic carbocycles. The van der Waals surface area contributed by atoms with E-state index in [0.717, 1.165) is 55.8 Å². The second-order valence-electron chi connectivity index (χ2n) is 6.12. The third-order valence-electron chi connectivity index (χ3n) is 4.43. The van der Waals surface area contributed by atoms with Crippen LogP contribution in [0.5, 0.6) is 11.5 Å². The van der Waals surface area contributed by atoms with Crippen LogP contribution in [0.3, 0.4) is 0 Å². The minimum atomic E-state index is -1.50. The maximum Gasteiger partial charge on any atom is 0.291 e. The minimum Gasteiger partial charge on any atom is -0.454 e. The van der Waals surface area contributed by atoms with Gasteiger partial charge in [-0.3, -0.25) is 4.79 Å². The van der Waals surface area contributed by atoms with E-state index in [1.54, 1.807) is 0 Å². The van der Waals surface area contributed by atoms with Crippen LogP contribution in [-0.2, 0) is 11.2 Å². The molecular formula is C17H24N2O6. The average molecular weight is 352 g/mol. The van der Waals surface area contributed by atoms with Crippen LogP contribution in [0.4, 0.5) is 0 Å². The van der Waals surface area contributed by atoms with Gasteiger partial charge in [0.15, 0.2) is 11.5 Å². The second-order valence-corrected chi connectivity index (χ2v) is 6.12. The molecule has 0 spiro atoms. The highest BCUT2D eigenvalue weighted by atomic mass is 16.9. The van der Waals surface area contributed by atoms with Gasteiger partial charge in [-0.2, -0.15) is 0 Å². The number of amides is 1.